The van der Waals surface area contributed by atoms with E-state index in [1.807, 2.05) is 0 Å². The molecule has 130 valence electrons. The first-order valence-electron chi connectivity index (χ1n) is 4.28. The van der Waals surface area contributed by atoms with Crippen LogP contribution in [0.15, 0.2) is 0 Å². The van der Waals surface area contributed by atoms with Gasteiger partial charge in [0.25, 0.3) is 0 Å². The van der Waals surface area contributed by atoms with Gasteiger partial charge in [-0.25, -0.2) is 13.5 Å². The van der Waals surface area contributed by atoms with Crippen molar-refractivity contribution in [1.29, 1.82) is 0 Å². The standard InChI is InChI=1S/C6H5F8IO.F2O2S/c7-3(8)5(11,12)16-6(13,14)4(9,10)1-2-15;1-5(2,3)4/h3H,1-2H2;. The summed E-state index contributed by atoms with van der Waals surface area (Å²) in [5, 5.41) is 0. The second-order valence-electron chi connectivity index (χ2n) is 3.00. The molecule has 0 aromatic carbocycles. The van der Waals surface area contributed by atoms with Gasteiger partial charge in [-0.2, -0.15) is 34.8 Å². The maximum absolute atomic E-state index is 12.5. The second-order valence-corrected chi connectivity index (χ2v) is 4.84. The molecule has 0 unspecified atom stereocenters. The molecule has 0 aliphatic rings. The molecule has 0 fully saturated rings. The molecule has 0 rings (SSSR count). The Hall–Kier alpha value is -0.0600. The van der Waals surface area contributed by atoms with E-state index in [4.69, 9.17) is 8.42 Å². The summed E-state index contributed by atoms with van der Waals surface area (Å²) in [5.74, 6) is -4.94. The van der Waals surface area contributed by atoms with Crippen molar-refractivity contribution in [1.82, 2.24) is 0 Å². The van der Waals surface area contributed by atoms with Gasteiger partial charge in [-0.3, -0.25) is 0 Å². The van der Waals surface area contributed by atoms with Crippen LogP contribution in [0.1, 0.15) is 6.42 Å². The van der Waals surface area contributed by atoms with Crippen LogP contribution in [0.25, 0.3) is 0 Å². The number of halogens is 11. The van der Waals surface area contributed by atoms with E-state index in [1.54, 1.807) is 0 Å². The molecule has 3 nitrogen and oxygen atoms in total. The maximum Gasteiger partial charge on any atom is 0.476 e. The third-order valence-electron chi connectivity index (χ3n) is 1.35. The van der Waals surface area contributed by atoms with Crippen LogP contribution in [-0.2, 0) is 15.3 Å². The van der Waals surface area contributed by atoms with Crippen molar-refractivity contribution in [2.45, 2.75) is 31.0 Å². The SMILES string of the molecule is FC(F)C(F)(F)OC(F)(F)C(F)(F)CCI.O=S(=O)(F)F. The van der Waals surface area contributed by atoms with Crippen molar-refractivity contribution in [2.24, 2.45) is 0 Å². The summed E-state index contributed by atoms with van der Waals surface area (Å²) < 4.78 is 135. The molecule has 0 heterocycles. The number of alkyl halides is 9. The highest BCUT2D eigenvalue weighted by atomic mass is 127. The Morgan fingerprint density at radius 3 is 1.57 bits per heavy atom. The van der Waals surface area contributed by atoms with E-state index in [-0.39, 0.29) is 0 Å². The number of hydrogen-bond donors (Lipinski definition) is 0. The van der Waals surface area contributed by atoms with Crippen molar-refractivity contribution in [3.8, 4) is 0 Å². The van der Waals surface area contributed by atoms with Gasteiger partial charge in [-0.1, -0.05) is 30.4 Å². The third-order valence-corrected chi connectivity index (χ3v) is 1.89. The minimum Gasteiger partial charge on any atom is -0.246 e. The Labute approximate surface area is 125 Å². The molecule has 0 atom stereocenters. The lowest BCUT2D eigenvalue weighted by atomic mass is 10.2. The lowest BCUT2D eigenvalue weighted by Gasteiger charge is -2.28. The Morgan fingerprint density at radius 2 is 1.33 bits per heavy atom. The summed E-state index contributed by atoms with van der Waals surface area (Å²) in [6.07, 6.45) is -17.4. The van der Waals surface area contributed by atoms with E-state index in [2.05, 4.69) is 4.74 Å². The van der Waals surface area contributed by atoms with Gasteiger partial charge in [0, 0.05) is 10.8 Å². The highest BCUT2D eigenvalue weighted by Gasteiger charge is 2.63. The first-order chi connectivity index (χ1) is 8.96. The fraction of sp³-hybridized carbons (Fsp3) is 1.00. The van der Waals surface area contributed by atoms with Crippen molar-refractivity contribution in [3.05, 3.63) is 0 Å². The van der Waals surface area contributed by atoms with Crippen LogP contribution in [0.3, 0.4) is 0 Å². The van der Waals surface area contributed by atoms with Gasteiger partial charge in [-0.05, 0) is 0 Å². The summed E-state index contributed by atoms with van der Waals surface area (Å²) in [4.78, 5) is 0. The Morgan fingerprint density at radius 1 is 1.00 bits per heavy atom. The van der Waals surface area contributed by atoms with Crippen LogP contribution in [0.4, 0.5) is 42.9 Å². The van der Waals surface area contributed by atoms with Gasteiger partial charge < -0.3 is 0 Å². The van der Waals surface area contributed by atoms with E-state index in [9.17, 15) is 42.9 Å². The molecule has 21 heavy (non-hydrogen) atoms. The van der Waals surface area contributed by atoms with Gasteiger partial charge in [0.2, 0.25) is 0 Å². The highest BCUT2D eigenvalue weighted by molar-refractivity contribution is 14.1. The lowest BCUT2D eigenvalue weighted by molar-refractivity contribution is -0.449. The lowest BCUT2D eigenvalue weighted by Crippen LogP contribution is -2.49. The number of ether oxygens (including phenoxy) is 1. The van der Waals surface area contributed by atoms with Gasteiger partial charge in [-0.15, -0.1) is 0 Å². The highest BCUT2D eigenvalue weighted by Crippen LogP contribution is 2.43. The number of rotatable bonds is 6. The molecular weight excluding hydrogens is 469 g/mol. The predicted molar refractivity (Wildman–Crippen MR) is 56.6 cm³/mol. The molecule has 0 bridgehead atoms. The molecule has 0 saturated heterocycles. The Bertz CT molecular complexity index is 403. The Kier molecular flexibility index (Phi) is 8.82. The first kappa shape index (κ1) is 23.2. The van der Waals surface area contributed by atoms with E-state index in [0.717, 1.165) is 0 Å². The summed E-state index contributed by atoms with van der Waals surface area (Å²) in [6.45, 7) is 0. The summed E-state index contributed by atoms with van der Waals surface area (Å²) >= 11 is 1.30. The third kappa shape index (κ3) is 10.3. The molecule has 0 aliphatic heterocycles. The fourth-order valence-corrected chi connectivity index (χ4v) is 1.23. The topological polar surface area (TPSA) is 43.4 Å². The van der Waals surface area contributed by atoms with Crippen LogP contribution < -0.4 is 0 Å². The van der Waals surface area contributed by atoms with Crippen molar-refractivity contribution in [3.63, 3.8) is 0 Å². The van der Waals surface area contributed by atoms with E-state index in [0.29, 0.717) is 0 Å². The second kappa shape index (κ2) is 7.98. The molecule has 0 amide bonds. The maximum atomic E-state index is 12.5. The molecule has 0 N–H and O–H groups in total. The van der Waals surface area contributed by atoms with Crippen LogP contribution in [0.5, 0.6) is 0 Å². The fourth-order valence-electron chi connectivity index (χ4n) is 0.554. The summed E-state index contributed by atoms with van der Waals surface area (Å²) in [7, 11) is -5.67. The predicted octanol–water partition coefficient (Wildman–Crippen LogP) is 4.08. The van der Waals surface area contributed by atoms with Gasteiger partial charge in [0.05, 0.1) is 0 Å². The minimum absolute atomic E-state index is 0.482. The Balaban J connectivity index is 0. The monoisotopic (exact) mass is 474 g/mol. The zero-order chi connectivity index (χ0) is 17.7. The largest absolute Gasteiger partial charge is 0.476 e. The molecule has 15 heteroatoms. The van der Waals surface area contributed by atoms with Crippen molar-refractivity contribution in [2.75, 3.05) is 4.43 Å². The molecular formula is C6H5F10IO3S. The van der Waals surface area contributed by atoms with E-state index < -0.39 is 46.0 Å². The van der Waals surface area contributed by atoms with Gasteiger partial charge in [0.1, 0.15) is 0 Å². The van der Waals surface area contributed by atoms with E-state index >= 15 is 0 Å². The summed E-state index contributed by atoms with van der Waals surface area (Å²) in [6, 6.07) is 0. The zero-order valence-electron chi connectivity index (χ0n) is 9.28. The van der Waals surface area contributed by atoms with Crippen molar-refractivity contribution < 1.29 is 56.0 Å². The molecule has 0 radical (unpaired) electrons. The number of hydrogen-bond acceptors (Lipinski definition) is 3. The van der Waals surface area contributed by atoms with Gasteiger partial charge in [0.15, 0.2) is 0 Å². The smallest absolute Gasteiger partial charge is 0.246 e. The van der Waals surface area contributed by atoms with Crippen LogP contribution in [0.2, 0.25) is 0 Å². The average molecular weight is 474 g/mol. The van der Waals surface area contributed by atoms with Crippen LogP contribution >= 0.6 is 22.6 Å². The quantitative estimate of drug-likeness (QED) is 0.252. The average Bonchev–Trinajstić information content (AvgIpc) is 2.11. The molecule has 0 saturated carbocycles. The van der Waals surface area contributed by atoms with Crippen LogP contribution in [0, 0.1) is 0 Å². The normalized spacial score (nSPS) is 13.9. The zero-order valence-corrected chi connectivity index (χ0v) is 12.3. The van der Waals surface area contributed by atoms with Crippen LogP contribution in [-0.4, -0.2) is 37.4 Å². The van der Waals surface area contributed by atoms with E-state index in [1.165, 1.54) is 22.6 Å². The summed E-state index contributed by atoms with van der Waals surface area (Å²) in [5.41, 5.74) is 0. The molecule has 0 aliphatic carbocycles. The molecule has 0 aromatic rings. The van der Waals surface area contributed by atoms with Gasteiger partial charge >= 0.3 is 35.2 Å². The van der Waals surface area contributed by atoms with Crippen molar-refractivity contribution >= 4 is 33.2 Å². The minimum atomic E-state index is -5.67. The molecule has 0 spiro atoms. The molecule has 0 aromatic heterocycles. The first-order valence-corrected chi connectivity index (χ1v) is 7.09.